The lowest BCUT2D eigenvalue weighted by atomic mass is 10.1. The zero-order valence-electron chi connectivity index (χ0n) is 25.2. The van der Waals surface area contributed by atoms with Gasteiger partial charge in [0.2, 0.25) is 11.8 Å². The number of aryl methyl sites for hydroxylation is 3. The average molecular weight is 679 g/mol. The highest BCUT2D eigenvalue weighted by Crippen LogP contribution is 2.32. The fraction of sp³-hybridized carbons (Fsp3) is 0.233. The summed E-state index contributed by atoms with van der Waals surface area (Å²) in [5, 5.41) is 17.7. The van der Waals surface area contributed by atoms with E-state index in [-0.39, 0.29) is 47.9 Å². The van der Waals surface area contributed by atoms with Gasteiger partial charge < -0.3 is 26.1 Å². The molecule has 242 valence electrons. The van der Waals surface area contributed by atoms with Crippen molar-refractivity contribution in [3.8, 4) is 22.7 Å². The second-order valence-electron chi connectivity index (χ2n) is 10.5. The molecule has 5 N–H and O–H groups in total. The van der Waals surface area contributed by atoms with Gasteiger partial charge in [-0.3, -0.25) is 19.6 Å². The predicted octanol–water partition coefficient (Wildman–Crippen LogP) is 3.72. The van der Waals surface area contributed by atoms with Gasteiger partial charge in [-0.05, 0) is 78.2 Å². The van der Waals surface area contributed by atoms with E-state index in [1.165, 1.54) is 11.0 Å². The normalized spacial score (nSPS) is 11.6. The summed E-state index contributed by atoms with van der Waals surface area (Å²) in [6.45, 7) is 3.74. The molecule has 3 aromatic heterocycles. The first kappa shape index (κ1) is 33.0. The molecule has 0 saturated heterocycles. The van der Waals surface area contributed by atoms with Crippen molar-refractivity contribution >= 4 is 41.1 Å². The maximum absolute atomic E-state index is 13.3. The molecule has 47 heavy (non-hydrogen) atoms. The Morgan fingerprint density at radius 2 is 1.89 bits per heavy atom. The third-order valence-corrected chi connectivity index (χ3v) is 7.47. The van der Waals surface area contributed by atoms with E-state index in [0.717, 1.165) is 11.3 Å². The van der Waals surface area contributed by atoms with E-state index in [4.69, 9.17) is 33.7 Å². The lowest BCUT2D eigenvalue weighted by Crippen LogP contribution is -2.34. The van der Waals surface area contributed by atoms with Crippen LogP contribution in [-0.2, 0) is 22.6 Å². The maximum Gasteiger partial charge on any atom is 0.409 e. The summed E-state index contributed by atoms with van der Waals surface area (Å²) < 4.78 is 6.44. The summed E-state index contributed by atoms with van der Waals surface area (Å²) in [7, 11) is 0. The fourth-order valence-corrected chi connectivity index (χ4v) is 5.17. The number of nitrogens with one attached hydrogen (secondary N) is 3. The van der Waals surface area contributed by atoms with Gasteiger partial charge in [0.15, 0.2) is 0 Å². The molecule has 0 aliphatic carbocycles. The van der Waals surface area contributed by atoms with Crippen molar-refractivity contribution in [3.63, 3.8) is 0 Å². The van der Waals surface area contributed by atoms with Crippen LogP contribution in [0.15, 0.2) is 55.1 Å². The number of hydrogen-bond acceptors (Lipinski definition) is 10. The fourth-order valence-electron chi connectivity index (χ4n) is 4.73. The number of aromatic amines is 1. The van der Waals surface area contributed by atoms with Gasteiger partial charge in [-0.1, -0.05) is 23.2 Å². The number of H-pyrrole nitrogens is 1. The van der Waals surface area contributed by atoms with E-state index in [2.05, 4.69) is 46.1 Å². The highest BCUT2D eigenvalue weighted by Gasteiger charge is 2.25. The van der Waals surface area contributed by atoms with E-state index >= 15 is 0 Å². The van der Waals surface area contributed by atoms with Crippen LogP contribution < -0.4 is 21.1 Å². The van der Waals surface area contributed by atoms with E-state index in [1.807, 2.05) is 6.92 Å². The number of halogens is 2. The summed E-state index contributed by atoms with van der Waals surface area (Å²) >= 11 is 12.8. The van der Waals surface area contributed by atoms with Crippen LogP contribution in [0.4, 0.5) is 4.79 Å². The number of benzene rings is 2. The molecular weight excluding hydrogens is 649 g/mol. The number of carbonyl (C=O) groups excluding carboxylic acids is 3. The number of primary amides is 1. The van der Waals surface area contributed by atoms with Crippen LogP contribution in [0.5, 0.6) is 5.75 Å². The van der Waals surface area contributed by atoms with Gasteiger partial charge in [-0.25, -0.2) is 14.5 Å². The summed E-state index contributed by atoms with van der Waals surface area (Å²) in [6.07, 6.45) is 3.88. The SMILES string of the molecule is Cc1cnc(CNC(=O)CC(NC(=O)CCc2cc(Cl)ccc2-n2cnnn2)c2nc(-c3ccc(OC(N)=O)cc3C)c(Cl)[nH]2)cn1. The van der Waals surface area contributed by atoms with Crippen molar-refractivity contribution in [3.05, 3.63) is 93.6 Å². The van der Waals surface area contributed by atoms with E-state index < -0.39 is 12.1 Å². The van der Waals surface area contributed by atoms with Crippen molar-refractivity contribution in [1.82, 2.24) is 50.8 Å². The number of hydrogen-bond donors (Lipinski definition) is 4. The van der Waals surface area contributed by atoms with E-state index in [9.17, 15) is 14.4 Å². The Bertz CT molecular complexity index is 1900. The first-order valence-electron chi connectivity index (χ1n) is 14.2. The van der Waals surface area contributed by atoms with Crippen LogP contribution in [0.3, 0.4) is 0 Å². The number of amides is 3. The molecule has 0 bridgehead atoms. The standard InChI is InChI=1S/C30H29Cl2N11O4/c1-16-9-21(47-30(33)46)5-6-22(16)27-28(32)40-29(39-27)23(11-26(45)36-14-20-13-34-17(2)12-35-20)38-25(44)8-3-18-10-19(31)4-7-24(18)43-15-37-41-42-43/h4-7,9-10,12-13,15,23H,3,8,11,14H2,1-2H3,(H2,33,46)(H,36,45)(H,38,44)(H,39,40). The molecule has 0 spiro atoms. The molecule has 5 rings (SSSR count). The number of ether oxygens (including phenoxy) is 1. The molecular formula is C30H29Cl2N11O4. The number of nitrogens with two attached hydrogens (primary N) is 1. The third kappa shape index (κ3) is 8.65. The number of carbonyl (C=O) groups is 3. The molecule has 0 radical (unpaired) electrons. The van der Waals surface area contributed by atoms with Crippen molar-refractivity contribution < 1.29 is 19.1 Å². The molecule has 5 aromatic rings. The van der Waals surface area contributed by atoms with Crippen molar-refractivity contribution in [1.29, 1.82) is 0 Å². The molecule has 3 heterocycles. The van der Waals surface area contributed by atoms with Crippen LogP contribution in [0, 0.1) is 13.8 Å². The first-order valence-corrected chi connectivity index (χ1v) is 15.0. The van der Waals surface area contributed by atoms with E-state index in [1.54, 1.807) is 55.7 Å². The Morgan fingerprint density at radius 3 is 2.60 bits per heavy atom. The largest absolute Gasteiger partial charge is 0.410 e. The Kier molecular flexibility index (Phi) is 10.4. The Morgan fingerprint density at radius 1 is 1.06 bits per heavy atom. The lowest BCUT2D eigenvalue weighted by Gasteiger charge is -2.17. The number of rotatable bonds is 12. The smallest absolute Gasteiger partial charge is 0.409 e. The molecule has 1 unspecified atom stereocenters. The molecule has 0 fully saturated rings. The Balaban J connectivity index is 1.35. The number of imidazole rings is 1. The van der Waals surface area contributed by atoms with Crippen molar-refractivity contribution in [2.24, 2.45) is 5.73 Å². The molecule has 3 amide bonds. The van der Waals surface area contributed by atoms with Gasteiger partial charge in [-0.2, -0.15) is 0 Å². The first-order chi connectivity index (χ1) is 22.5. The monoisotopic (exact) mass is 677 g/mol. The van der Waals surface area contributed by atoms with Crippen LogP contribution in [0.2, 0.25) is 10.2 Å². The van der Waals surface area contributed by atoms with Crippen LogP contribution >= 0.6 is 23.2 Å². The number of aromatic nitrogens is 8. The van der Waals surface area contributed by atoms with Gasteiger partial charge in [0.25, 0.3) is 0 Å². The quantitative estimate of drug-likeness (QED) is 0.150. The highest BCUT2D eigenvalue weighted by molar-refractivity contribution is 6.32. The lowest BCUT2D eigenvalue weighted by molar-refractivity contribution is -0.123. The molecule has 17 heteroatoms. The predicted molar refractivity (Wildman–Crippen MR) is 171 cm³/mol. The topological polar surface area (TPSA) is 209 Å². The second-order valence-corrected chi connectivity index (χ2v) is 11.3. The van der Waals surface area contributed by atoms with Gasteiger partial charge in [0.1, 0.15) is 28.7 Å². The number of nitrogens with zero attached hydrogens (tertiary/aromatic N) is 7. The maximum atomic E-state index is 13.3. The highest BCUT2D eigenvalue weighted by atomic mass is 35.5. The van der Waals surface area contributed by atoms with Gasteiger partial charge in [0.05, 0.1) is 42.3 Å². The van der Waals surface area contributed by atoms with Crippen molar-refractivity contribution in [2.75, 3.05) is 0 Å². The summed E-state index contributed by atoms with van der Waals surface area (Å²) in [5.41, 5.74) is 9.59. The average Bonchev–Trinajstić information content (AvgIpc) is 3.70. The molecule has 2 aromatic carbocycles. The summed E-state index contributed by atoms with van der Waals surface area (Å²) in [4.78, 5) is 53.8. The van der Waals surface area contributed by atoms with Crippen LogP contribution in [0.25, 0.3) is 16.9 Å². The van der Waals surface area contributed by atoms with Gasteiger partial charge in [-0.15, -0.1) is 5.10 Å². The molecule has 15 nitrogen and oxygen atoms in total. The van der Waals surface area contributed by atoms with Crippen LogP contribution in [-0.4, -0.2) is 58.1 Å². The molecule has 0 aliphatic rings. The summed E-state index contributed by atoms with van der Waals surface area (Å²) in [6, 6.07) is 9.17. The molecule has 0 saturated carbocycles. The van der Waals surface area contributed by atoms with Gasteiger partial charge >= 0.3 is 6.09 Å². The van der Waals surface area contributed by atoms with Crippen molar-refractivity contribution in [2.45, 2.75) is 45.7 Å². The second kappa shape index (κ2) is 14.8. The minimum Gasteiger partial charge on any atom is -0.410 e. The Hall–Kier alpha value is -5.41. The molecule has 1 atom stereocenters. The number of tetrazole rings is 1. The minimum atomic E-state index is -0.939. The summed E-state index contributed by atoms with van der Waals surface area (Å²) in [5.74, 6) is -0.203. The van der Waals surface area contributed by atoms with Crippen LogP contribution in [0.1, 0.15) is 47.2 Å². The minimum absolute atomic E-state index is 0.0499. The Labute approximate surface area is 278 Å². The van der Waals surface area contributed by atoms with E-state index in [0.29, 0.717) is 39.6 Å². The molecule has 0 aliphatic heterocycles. The zero-order valence-corrected chi connectivity index (χ0v) is 26.7. The zero-order chi connectivity index (χ0) is 33.5. The van der Waals surface area contributed by atoms with Gasteiger partial charge in [0, 0.05) is 23.2 Å². The third-order valence-electron chi connectivity index (χ3n) is 6.96.